The Labute approximate surface area is 117 Å². The largest absolute Gasteiger partial charge is 0.373 e. The molecule has 0 spiro atoms. The Bertz CT molecular complexity index is 517. The highest BCUT2D eigenvalue weighted by Gasteiger charge is 2.38. The molecule has 0 aliphatic carbocycles. The minimum absolute atomic E-state index is 0.223. The van der Waals surface area contributed by atoms with Crippen LogP contribution in [0.1, 0.15) is 11.6 Å². The molecule has 0 saturated carbocycles. The molecule has 2 amide bonds. The number of ether oxygens (including phenoxy) is 1. The first-order valence-corrected chi connectivity index (χ1v) is 6.70. The fraction of sp³-hybridized carbons (Fsp3) is 0.333. The summed E-state index contributed by atoms with van der Waals surface area (Å²) in [4.78, 5) is 25.3. The molecule has 2 atom stereocenters. The van der Waals surface area contributed by atoms with Crippen molar-refractivity contribution in [3.05, 3.63) is 48.0 Å². The lowest BCUT2D eigenvalue weighted by Gasteiger charge is -2.35. The maximum Gasteiger partial charge on any atom is 0.254 e. The fourth-order valence-electron chi connectivity index (χ4n) is 2.65. The predicted molar refractivity (Wildman–Crippen MR) is 72.8 cm³/mol. The molecule has 5 nitrogen and oxygen atoms in total. The molecular formula is C15H16N2O3. The van der Waals surface area contributed by atoms with Crippen LogP contribution in [0.15, 0.2) is 42.5 Å². The summed E-state index contributed by atoms with van der Waals surface area (Å²) in [6.45, 7) is 1.99. The zero-order chi connectivity index (χ0) is 13.9. The van der Waals surface area contributed by atoms with E-state index in [0.717, 1.165) is 12.1 Å². The Hall–Kier alpha value is -1.98. The molecule has 3 rings (SSSR count). The van der Waals surface area contributed by atoms with Crippen LogP contribution >= 0.6 is 0 Å². The molecule has 1 saturated heterocycles. The number of nitrogens with one attached hydrogen (secondary N) is 1. The standard InChI is InChI=1S/C15H16N2O3/c18-13-6-7-14(19)17(13)15(11-4-2-1-3-5-11)12-10-16-8-9-20-12/h1-7,12,15-16H,8-10H2. The van der Waals surface area contributed by atoms with Crippen molar-refractivity contribution in [1.82, 2.24) is 10.2 Å². The van der Waals surface area contributed by atoms with Gasteiger partial charge in [-0.05, 0) is 5.56 Å². The summed E-state index contributed by atoms with van der Waals surface area (Å²) in [5.41, 5.74) is 0.909. The van der Waals surface area contributed by atoms with Gasteiger partial charge < -0.3 is 10.1 Å². The molecule has 5 heteroatoms. The van der Waals surface area contributed by atoms with E-state index in [1.54, 1.807) is 0 Å². The fourth-order valence-corrected chi connectivity index (χ4v) is 2.65. The lowest BCUT2D eigenvalue weighted by atomic mass is 9.98. The van der Waals surface area contributed by atoms with Crippen LogP contribution in [-0.4, -0.2) is 42.5 Å². The number of carbonyl (C=O) groups excluding carboxylic acids is 2. The quantitative estimate of drug-likeness (QED) is 0.820. The zero-order valence-electron chi connectivity index (χ0n) is 11.0. The van der Waals surface area contributed by atoms with Gasteiger partial charge in [0.2, 0.25) is 0 Å². The van der Waals surface area contributed by atoms with E-state index in [-0.39, 0.29) is 24.0 Å². The van der Waals surface area contributed by atoms with Crippen LogP contribution in [0.25, 0.3) is 0 Å². The van der Waals surface area contributed by atoms with Gasteiger partial charge in [0, 0.05) is 25.2 Å². The summed E-state index contributed by atoms with van der Waals surface area (Å²) in [5, 5.41) is 3.24. The third-order valence-corrected chi connectivity index (χ3v) is 3.57. The van der Waals surface area contributed by atoms with E-state index in [1.165, 1.54) is 17.1 Å². The van der Waals surface area contributed by atoms with Crippen LogP contribution in [0.4, 0.5) is 0 Å². The number of nitrogens with zero attached hydrogens (tertiary/aromatic N) is 1. The zero-order valence-corrected chi connectivity index (χ0v) is 11.0. The van der Waals surface area contributed by atoms with Gasteiger partial charge >= 0.3 is 0 Å². The van der Waals surface area contributed by atoms with Crippen molar-refractivity contribution in [3.8, 4) is 0 Å². The number of benzene rings is 1. The Balaban J connectivity index is 1.95. The molecule has 0 aromatic heterocycles. The minimum atomic E-state index is -0.390. The maximum atomic E-state index is 12.0. The summed E-state index contributed by atoms with van der Waals surface area (Å²) in [6.07, 6.45) is 2.40. The number of amides is 2. The normalized spacial score (nSPS) is 24.2. The molecule has 1 fully saturated rings. The molecule has 104 valence electrons. The van der Waals surface area contributed by atoms with Crippen LogP contribution in [0, 0.1) is 0 Å². The molecule has 20 heavy (non-hydrogen) atoms. The number of hydrogen-bond donors (Lipinski definition) is 1. The monoisotopic (exact) mass is 272 g/mol. The summed E-state index contributed by atoms with van der Waals surface area (Å²) in [6, 6.07) is 9.16. The second-order valence-electron chi connectivity index (χ2n) is 4.85. The van der Waals surface area contributed by atoms with Crippen LogP contribution in [-0.2, 0) is 14.3 Å². The molecule has 0 bridgehead atoms. The first-order valence-electron chi connectivity index (χ1n) is 6.70. The van der Waals surface area contributed by atoms with Gasteiger partial charge in [-0.15, -0.1) is 0 Å². The number of rotatable bonds is 3. The highest BCUT2D eigenvalue weighted by atomic mass is 16.5. The number of hydrogen-bond acceptors (Lipinski definition) is 4. The van der Waals surface area contributed by atoms with Gasteiger partial charge in [0.25, 0.3) is 11.8 Å². The van der Waals surface area contributed by atoms with Gasteiger partial charge in [-0.3, -0.25) is 14.5 Å². The van der Waals surface area contributed by atoms with Crippen molar-refractivity contribution in [1.29, 1.82) is 0 Å². The van der Waals surface area contributed by atoms with Crippen LogP contribution < -0.4 is 5.32 Å². The summed E-state index contributed by atoms with van der Waals surface area (Å²) >= 11 is 0. The van der Waals surface area contributed by atoms with Gasteiger partial charge in [-0.1, -0.05) is 30.3 Å². The molecule has 2 aliphatic rings. The van der Waals surface area contributed by atoms with Crippen LogP contribution in [0.2, 0.25) is 0 Å². The smallest absolute Gasteiger partial charge is 0.254 e. The van der Waals surface area contributed by atoms with Crippen molar-refractivity contribution in [2.45, 2.75) is 12.1 Å². The van der Waals surface area contributed by atoms with Crippen molar-refractivity contribution >= 4 is 11.8 Å². The van der Waals surface area contributed by atoms with Crippen LogP contribution in [0.3, 0.4) is 0 Å². The third-order valence-electron chi connectivity index (χ3n) is 3.57. The van der Waals surface area contributed by atoms with Crippen molar-refractivity contribution in [3.63, 3.8) is 0 Å². The van der Waals surface area contributed by atoms with Gasteiger partial charge in [0.1, 0.15) is 0 Å². The molecule has 1 aromatic rings. The average Bonchev–Trinajstić information content (AvgIpc) is 2.82. The number of carbonyl (C=O) groups is 2. The Morgan fingerprint density at radius 2 is 1.85 bits per heavy atom. The molecule has 0 radical (unpaired) electrons. The average molecular weight is 272 g/mol. The first-order chi connectivity index (χ1) is 9.77. The molecule has 1 aromatic carbocycles. The third kappa shape index (κ3) is 2.37. The van der Waals surface area contributed by atoms with Crippen LogP contribution in [0.5, 0.6) is 0 Å². The molecule has 2 aliphatic heterocycles. The lowest BCUT2D eigenvalue weighted by molar-refractivity contribution is -0.144. The second-order valence-corrected chi connectivity index (χ2v) is 4.85. The molecule has 1 N–H and O–H groups in total. The van der Waals surface area contributed by atoms with Crippen molar-refractivity contribution in [2.75, 3.05) is 19.7 Å². The number of imide groups is 1. The van der Waals surface area contributed by atoms with Gasteiger partial charge in [0.05, 0.1) is 18.8 Å². The predicted octanol–water partition coefficient (Wildman–Crippen LogP) is 0.641. The van der Waals surface area contributed by atoms with E-state index >= 15 is 0 Å². The highest BCUT2D eigenvalue weighted by Crippen LogP contribution is 2.29. The van der Waals surface area contributed by atoms with E-state index in [1.807, 2.05) is 30.3 Å². The SMILES string of the molecule is O=C1C=CC(=O)N1C(c1ccccc1)C1CNCCO1. The lowest BCUT2D eigenvalue weighted by Crippen LogP contribution is -2.49. The molecule has 2 heterocycles. The van der Waals surface area contributed by atoms with Gasteiger partial charge in [-0.2, -0.15) is 0 Å². The minimum Gasteiger partial charge on any atom is -0.373 e. The maximum absolute atomic E-state index is 12.0. The molecule has 2 unspecified atom stereocenters. The van der Waals surface area contributed by atoms with E-state index < -0.39 is 0 Å². The van der Waals surface area contributed by atoms with Gasteiger partial charge in [-0.25, -0.2) is 0 Å². The van der Waals surface area contributed by atoms with Gasteiger partial charge in [0.15, 0.2) is 0 Å². The first kappa shape index (κ1) is 13.0. The number of morpholine rings is 1. The topological polar surface area (TPSA) is 58.6 Å². The van der Waals surface area contributed by atoms with E-state index in [0.29, 0.717) is 13.2 Å². The van der Waals surface area contributed by atoms with Crippen molar-refractivity contribution < 1.29 is 14.3 Å². The highest BCUT2D eigenvalue weighted by molar-refractivity contribution is 6.13. The summed E-state index contributed by atoms with van der Waals surface area (Å²) in [7, 11) is 0. The Morgan fingerprint density at radius 1 is 1.15 bits per heavy atom. The van der Waals surface area contributed by atoms with E-state index in [9.17, 15) is 9.59 Å². The Morgan fingerprint density at radius 3 is 2.45 bits per heavy atom. The van der Waals surface area contributed by atoms with E-state index in [2.05, 4.69) is 5.32 Å². The molecular weight excluding hydrogens is 256 g/mol. The Kier molecular flexibility index (Phi) is 3.62. The summed E-state index contributed by atoms with van der Waals surface area (Å²) in [5.74, 6) is -0.559. The summed E-state index contributed by atoms with van der Waals surface area (Å²) < 4.78 is 5.77. The second kappa shape index (κ2) is 5.56. The van der Waals surface area contributed by atoms with Crippen molar-refractivity contribution in [2.24, 2.45) is 0 Å². The van der Waals surface area contributed by atoms with E-state index in [4.69, 9.17) is 4.74 Å².